The van der Waals surface area contributed by atoms with E-state index in [1.54, 1.807) is 13.8 Å². The van der Waals surface area contributed by atoms with Crippen molar-refractivity contribution in [3.05, 3.63) is 0 Å². The summed E-state index contributed by atoms with van der Waals surface area (Å²) < 4.78 is 9.43. The molecule has 0 spiro atoms. The van der Waals surface area contributed by atoms with Crippen molar-refractivity contribution in [3.63, 3.8) is 0 Å². The van der Waals surface area contributed by atoms with Crippen LogP contribution in [-0.4, -0.2) is 35.9 Å². The Morgan fingerprint density at radius 2 is 1.25 bits per heavy atom. The van der Waals surface area contributed by atoms with Crippen LogP contribution in [0.25, 0.3) is 0 Å². The van der Waals surface area contributed by atoms with Crippen LogP contribution in [0.1, 0.15) is 26.7 Å². The van der Waals surface area contributed by atoms with Crippen molar-refractivity contribution in [2.24, 2.45) is 0 Å². The van der Waals surface area contributed by atoms with Crippen molar-refractivity contribution < 1.29 is 19.1 Å². The normalized spacial score (nSPS) is 14.0. The Labute approximate surface area is 105 Å². The SMILES string of the molecule is CCOC(=O)CC(Cl)C(Cl)CC(=O)OCC. The summed E-state index contributed by atoms with van der Waals surface area (Å²) in [5.41, 5.74) is 0. The van der Waals surface area contributed by atoms with E-state index < -0.39 is 22.7 Å². The van der Waals surface area contributed by atoms with Crippen LogP contribution in [0.2, 0.25) is 0 Å². The number of carbonyl (C=O) groups excluding carboxylic acids is 2. The molecule has 6 heteroatoms. The molecule has 2 atom stereocenters. The molecule has 0 radical (unpaired) electrons. The molecule has 16 heavy (non-hydrogen) atoms. The molecule has 0 N–H and O–H groups in total. The van der Waals surface area contributed by atoms with Gasteiger partial charge in [0.25, 0.3) is 0 Å². The zero-order valence-corrected chi connectivity index (χ0v) is 10.9. The molecule has 0 saturated heterocycles. The highest BCUT2D eigenvalue weighted by molar-refractivity contribution is 6.31. The standard InChI is InChI=1S/C10H16Cl2O4/c1-3-15-9(13)5-7(11)8(12)6-10(14)16-4-2/h7-8H,3-6H2,1-2H3. The largest absolute Gasteiger partial charge is 0.466 e. The molecule has 0 aromatic heterocycles. The molecule has 0 saturated carbocycles. The number of alkyl halides is 2. The second-order valence-electron chi connectivity index (χ2n) is 3.05. The van der Waals surface area contributed by atoms with Gasteiger partial charge in [0.15, 0.2) is 0 Å². The third-order valence-electron chi connectivity index (χ3n) is 1.73. The second-order valence-corrected chi connectivity index (χ2v) is 4.17. The smallest absolute Gasteiger partial charge is 0.307 e. The van der Waals surface area contributed by atoms with Crippen LogP contribution in [0, 0.1) is 0 Å². The zero-order valence-electron chi connectivity index (χ0n) is 9.37. The molecule has 94 valence electrons. The maximum absolute atomic E-state index is 11.1. The number of esters is 2. The summed E-state index contributed by atoms with van der Waals surface area (Å²) >= 11 is 11.7. The van der Waals surface area contributed by atoms with Gasteiger partial charge in [-0.05, 0) is 13.8 Å². The first kappa shape index (κ1) is 15.5. The highest BCUT2D eigenvalue weighted by Crippen LogP contribution is 2.18. The molecule has 0 rings (SSSR count). The van der Waals surface area contributed by atoms with Gasteiger partial charge in [0, 0.05) is 0 Å². The summed E-state index contributed by atoms with van der Waals surface area (Å²) in [5.74, 6) is -0.839. The Kier molecular flexibility index (Phi) is 8.39. The minimum atomic E-state index is -0.634. The molecule has 0 aliphatic carbocycles. The van der Waals surface area contributed by atoms with Crippen LogP contribution >= 0.6 is 23.2 Å². The van der Waals surface area contributed by atoms with E-state index in [0.29, 0.717) is 13.2 Å². The van der Waals surface area contributed by atoms with Crippen molar-refractivity contribution in [2.45, 2.75) is 37.4 Å². The predicted molar refractivity (Wildman–Crippen MR) is 61.8 cm³/mol. The average Bonchev–Trinajstić information content (AvgIpc) is 2.17. The Morgan fingerprint density at radius 1 is 0.938 bits per heavy atom. The molecule has 0 aliphatic rings. The molecule has 0 fully saturated rings. The fraction of sp³-hybridized carbons (Fsp3) is 0.800. The van der Waals surface area contributed by atoms with Gasteiger partial charge in [-0.2, -0.15) is 0 Å². The van der Waals surface area contributed by atoms with Crippen molar-refractivity contribution in [2.75, 3.05) is 13.2 Å². The van der Waals surface area contributed by atoms with Gasteiger partial charge in [-0.25, -0.2) is 0 Å². The second kappa shape index (κ2) is 8.65. The minimum absolute atomic E-state index is 0.0109. The van der Waals surface area contributed by atoms with Crippen LogP contribution in [0.4, 0.5) is 0 Å². The quantitative estimate of drug-likeness (QED) is 0.525. The number of halogens is 2. The first-order valence-corrected chi connectivity index (χ1v) is 5.97. The molecular weight excluding hydrogens is 255 g/mol. The molecule has 0 aromatic carbocycles. The Bertz CT molecular complexity index is 209. The number of rotatable bonds is 7. The highest BCUT2D eigenvalue weighted by atomic mass is 35.5. The van der Waals surface area contributed by atoms with E-state index >= 15 is 0 Å². The van der Waals surface area contributed by atoms with Crippen molar-refractivity contribution in [3.8, 4) is 0 Å². The summed E-state index contributed by atoms with van der Waals surface area (Å²) in [6.07, 6.45) is -0.0219. The van der Waals surface area contributed by atoms with Gasteiger partial charge >= 0.3 is 11.9 Å². The summed E-state index contributed by atoms with van der Waals surface area (Å²) in [4.78, 5) is 22.2. The summed E-state index contributed by atoms with van der Waals surface area (Å²) in [6.45, 7) is 4.01. The maximum atomic E-state index is 11.1. The monoisotopic (exact) mass is 270 g/mol. The van der Waals surface area contributed by atoms with E-state index in [2.05, 4.69) is 0 Å². The van der Waals surface area contributed by atoms with E-state index in [0.717, 1.165) is 0 Å². The number of hydrogen-bond donors (Lipinski definition) is 0. The summed E-state index contributed by atoms with van der Waals surface area (Å²) in [5, 5.41) is -1.27. The third-order valence-corrected chi connectivity index (χ3v) is 2.77. The van der Waals surface area contributed by atoms with Crippen LogP contribution in [0.5, 0.6) is 0 Å². The lowest BCUT2D eigenvalue weighted by molar-refractivity contribution is -0.145. The van der Waals surface area contributed by atoms with Gasteiger partial charge in [0.1, 0.15) is 0 Å². The van der Waals surface area contributed by atoms with Crippen LogP contribution in [0.15, 0.2) is 0 Å². The lowest BCUT2D eigenvalue weighted by Crippen LogP contribution is -2.24. The maximum Gasteiger partial charge on any atom is 0.307 e. The fourth-order valence-electron chi connectivity index (χ4n) is 1.01. The minimum Gasteiger partial charge on any atom is -0.466 e. The Morgan fingerprint density at radius 3 is 1.50 bits per heavy atom. The highest BCUT2D eigenvalue weighted by Gasteiger charge is 2.23. The van der Waals surface area contributed by atoms with Crippen molar-refractivity contribution >= 4 is 35.1 Å². The molecule has 0 aromatic rings. The van der Waals surface area contributed by atoms with Gasteiger partial charge in [0.05, 0.1) is 36.8 Å². The first-order chi connectivity index (χ1) is 7.51. The lowest BCUT2D eigenvalue weighted by atomic mass is 10.2. The van der Waals surface area contributed by atoms with Gasteiger partial charge in [0.2, 0.25) is 0 Å². The van der Waals surface area contributed by atoms with E-state index in [4.69, 9.17) is 32.7 Å². The van der Waals surface area contributed by atoms with Crippen LogP contribution in [-0.2, 0) is 19.1 Å². The third kappa shape index (κ3) is 6.90. The van der Waals surface area contributed by atoms with Crippen LogP contribution < -0.4 is 0 Å². The van der Waals surface area contributed by atoms with E-state index in [-0.39, 0.29) is 12.8 Å². The summed E-state index contributed by atoms with van der Waals surface area (Å²) in [6, 6.07) is 0. The van der Waals surface area contributed by atoms with Gasteiger partial charge in [-0.15, -0.1) is 23.2 Å². The van der Waals surface area contributed by atoms with Gasteiger partial charge in [-0.3, -0.25) is 9.59 Å². The average molecular weight is 271 g/mol. The fourth-order valence-corrected chi connectivity index (χ4v) is 1.44. The number of carbonyl (C=O) groups is 2. The zero-order chi connectivity index (χ0) is 12.6. The van der Waals surface area contributed by atoms with Gasteiger partial charge < -0.3 is 9.47 Å². The molecule has 0 heterocycles. The molecule has 2 unspecified atom stereocenters. The summed E-state index contributed by atoms with van der Waals surface area (Å²) in [7, 11) is 0. The molecule has 0 aliphatic heterocycles. The Balaban J connectivity index is 3.93. The van der Waals surface area contributed by atoms with Crippen molar-refractivity contribution in [1.82, 2.24) is 0 Å². The molecular formula is C10H16Cl2O4. The van der Waals surface area contributed by atoms with E-state index in [1.165, 1.54) is 0 Å². The Hall–Kier alpha value is -0.480. The number of ether oxygens (including phenoxy) is 2. The number of hydrogen-bond acceptors (Lipinski definition) is 4. The van der Waals surface area contributed by atoms with Crippen LogP contribution in [0.3, 0.4) is 0 Å². The van der Waals surface area contributed by atoms with Gasteiger partial charge in [-0.1, -0.05) is 0 Å². The van der Waals surface area contributed by atoms with E-state index in [1.807, 2.05) is 0 Å². The molecule has 4 nitrogen and oxygen atoms in total. The topological polar surface area (TPSA) is 52.6 Å². The molecule has 0 amide bonds. The van der Waals surface area contributed by atoms with Crippen molar-refractivity contribution in [1.29, 1.82) is 0 Å². The predicted octanol–water partition coefficient (Wildman–Crippen LogP) is 2.11. The first-order valence-electron chi connectivity index (χ1n) is 5.10. The van der Waals surface area contributed by atoms with E-state index in [9.17, 15) is 9.59 Å². The lowest BCUT2D eigenvalue weighted by Gasteiger charge is -2.14. The molecule has 0 bridgehead atoms.